The summed E-state index contributed by atoms with van der Waals surface area (Å²) in [7, 11) is 0. The first-order chi connectivity index (χ1) is 10.2. The molecule has 4 nitrogen and oxygen atoms in total. The van der Waals surface area contributed by atoms with E-state index in [0.29, 0.717) is 5.88 Å². The van der Waals surface area contributed by atoms with Gasteiger partial charge in [-0.15, -0.1) is 0 Å². The minimum Gasteiger partial charge on any atom is -0.338 e. The first-order valence-corrected chi connectivity index (χ1v) is 8.41. The number of carbonyl (C=O) groups is 1. The van der Waals surface area contributed by atoms with Crippen LogP contribution in [0.15, 0.2) is 10.6 Å². The molecule has 1 rings (SSSR count). The third kappa shape index (κ3) is 7.30. The van der Waals surface area contributed by atoms with Gasteiger partial charge in [0.25, 0.3) is 0 Å². The molecule has 0 saturated heterocycles. The molecule has 1 heterocycles. The largest absolute Gasteiger partial charge is 0.338 e. The van der Waals surface area contributed by atoms with Crippen molar-refractivity contribution in [2.75, 3.05) is 5.32 Å². The molecule has 0 aromatic carbocycles. The van der Waals surface area contributed by atoms with E-state index >= 15 is 0 Å². The van der Waals surface area contributed by atoms with Crippen molar-refractivity contribution in [2.24, 2.45) is 5.92 Å². The normalized spacial score (nSPS) is 12.3. The SMILES string of the molecule is CCCCCCCC(CCCC)C(=O)Nc1cc(C)no1. The first-order valence-electron chi connectivity index (χ1n) is 8.41. The van der Waals surface area contributed by atoms with Gasteiger partial charge in [0.2, 0.25) is 11.8 Å². The van der Waals surface area contributed by atoms with E-state index in [2.05, 4.69) is 24.3 Å². The highest BCUT2D eigenvalue weighted by Gasteiger charge is 2.19. The van der Waals surface area contributed by atoms with Gasteiger partial charge in [0, 0.05) is 12.0 Å². The Labute approximate surface area is 128 Å². The van der Waals surface area contributed by atoms with E-state index in [1.165, 1.54) is 25.7 Å². The topological polar surface area (TPSA) is 55.1 Å². The molecule has 0 aliphatic carbocycles. The Morgan fingerprint density at radius 3 is 2.43 bits per heavy atom. The molecule has 0 spiro atoms. The lowest BCUT2D eigenvalue weighted by atomic mass is 9.94. The molecular weight excluding hydrogens is 264 g/mol. The molecule has 120 valence electrons. The quantitative estimate of drug-likeness (QED) is 0.578. The van der Waals surface area contributed by atoms with Crippen molar-refractivity contribution >= 4 is 11.8 Å². The molecule has 1 unspecified atom stereocenters. The number of nitrogens with zero attached hydrogens (tertiary/aromatic N) is 1. The monoisotopic (exact) mass is 294 g/mol. The maximum Gasteiger partial charge on any atom is 0.231 e. The summed E-state index contributed by atoms with van der Waals surface area (Å²) in [6.45, 7) is 6.23. The molecule has 1 aromatic heterocycles. The Morgan fingerprint density at radius 1 is 1.14 bits per heavy atom. The van der Waals surface area contributed by atoms with Gasteiger partial charge < -0.3 is 4.52 Å². The number of unbranched alkanes of at least 4 members (excludes halogenated alkanes) is 5. The minimum atomic E-state index is 0.0788. The Kier molecular flexibility index (Phi) is 8.79. The fourth-order valence-electron chi connectivity index (χ4n) is 2.50. The zero-order chi connectivity index (χ0) is 15.5. The van der Waals surface area contributed by atoms with Crippen molar-refractivity contribution in [3.8, 4) is 0 Å². The van der Waals surface area contributed by atoms with Crippen LogP contribution in [0.2, 0.25) is 0 Å². The maximum absolute atomic E-state index is 12.3. The first kappa shape index (κ1) is 17.7. The number of carbonyl (C=O) groups excluding carboxylic acids is 1. The van der Waals surface area contributed by atoms with Gasteiger partial charge in [-0.05, 0) is 19.8 Å². The van der Waals surface area contributed by atoms with E-state index in [1.54, 1.807) is 6.07 Å². The number of hydrogen-bond acceptors (Lipinski definition) is 3. The Bertz CT molecular complexity index is 401. The van der Waals surface area contributed by atoms with Gasteiger partial charge in [0.15, 0.2) is 0 Å². The zero-order valence-corrected chi connectivity index (χ0v) is 13.8. The predicted molar refractivity (Wildman–Crippen MR) is 86.3 cm³/mol. The maximum atomic E-state index is 12.3. The number of aromatic nitrogens is 1. The van der Waals surface area contributed by atoms with Gasteiger partial charge in [-0.1, -0.05) is 63.9 Å². The third-order valence-corrected chi connectivity index (χ3v) is 3.81. The van der Waals surface area contributed by atoms with Gasteiger partial charge >= 0.3 is 0 Å². The van der Waals surface area contributed by atoms with Crippen LogP contribution in [0.4, 0.5) is 5.88 Å². The average Bonchev–Trinajstić information content (AvgIpc) is 2.87. The number of nitrogens with one attached hydrogen (secondary N) is 1. The summed E-state index contributed by atoms with van der Waals surface area (Å²) in [5, 5.41) is 6.65. The highest BCUT2D eigenvalue weighted by atomic mass is 16.5. The van der Waals surface area contributed by atoms with Crippen LogP contribution in [0.5, 0.6) is 0 Å². The van der Waals surface area contributed by atoms with Crippen molar-refractivity contribution in [3.05, 3.63) is 11.8 Å². The minimum absolute atomic E-state index is 0.0788. The molecule has 0 bridgehead atoms. The molecule has 0 fully saturated rings. The van der Waals surface area contributed by atoms with Crippen molar-refractivity contribution in [3.63, 3.8) is 0 Å². The summed E-state index contributed by atoms with van der Waals surface area (Å²) >= 11 is 0. The number of aryl methyl sites for hydroxylation is 1. The molecule has 0 radical (unpaired) electrons. The molecule has 0 aliphatic heterocycles. The zero-order valence-electron chi connectivity index (χ0n) is 13.8. The summed E-state index contributed by atoms with van der Waals surface area (Å²) in [5.41, 5.74) is 0.787. The fraction of sp³-hybridized carbons (Fsp3) is 0.765. The van der Waals surface area contributed by atoms with Gasteiger partial charge in [0.1, 0.15) is 0 Å². The summed E-state index contributed by atoms with van der Waals surface area (Å²) in [6.07, 6.45) is 10.4. The molecular formula is C17H30N2O2. The van der Waals surface area contributed by atoms with Crippen LogP contribution in [0.25, 0.3) is 0 Å². The van der Waals surface area contributed by atoms with E-state index < -0.39 is 0 Å². The smallest absolute Gasteiger partial charge is 0.231 e. The van der Waals surface area contributed by atoms with Gasteiger partial charge in [0.05, 0.1) is 5.69 Å². The molecule has 0 saturated carbocycles. The van der Waals surface area contributed by atoms with Crippen molar-refractivity contribution < 1.29 is 9.32 Å². The molecule has 4 heteroatoms. The molecule has 1 N–H and O–H groups in total. The Morgan fingerprint density at radius 2 is 1.81 bits per heavy atom. The van der Waals surface area contributed by atoms with Crippen molar-refractivity contribution in [2.45, 2.75) is 78.6 Å². The lowest BCUT2D eigenvalue weighted by Gasteiger charge is -2.15. The second-order valence-corrected chi connectivity index (χ2v) is 5.86. The molecule has 0 aliphatic rings. The van der Waals surface area contributed by atoms with E-state index in [1.807, 2.05) is 6.92 Å². The average molecular weight is 294 g/mol. The lowest BCUT2D eigenvalue weighted by molar-refractivity contribution is -0.120. The van der Waals surface area contributed by atoms with Crippen LogP contribution in [0.1, 0.15) is 77.3 Å². The fourth-order valence-corrected chi connectivity index (χ4v) is 2.50. The second kappa shape index (κ2) is 10.4. The molecule has 1 aromatic rings. The Balaban J connectivity index is 2.41. The summed E-state index contributed by atoms with van der Waals surface area (Å²) < 4.78 is 5.07. The van der Waals surface area contributed by atoms with Crippen molar-refractivity contribution in [1.82, 2.24) is 5.16 Å². The number of rotatable bonds is 11. The van der Waals surface area contributed by atoms with Crippen LogP contribution >= 0.6 is 0 Å². The molecule has 21 heavy (non-hydrogen) atoms. The summed E-state index contributed by atoms with van der Waals surface area (Å²) in [4.78, 5) is 12.3. The van der Waals surface area contributed by atoms with Crippen LogP contribution in [-0.2, 0) is 4.79 Å². The molecule has 1 amide bonds. The number of hydrogen-bond donors (Lipinski definition) is 1. The van der Waals surface area contributed by atoms with E-state index in [-0.39, 0.29) is 11.8 Å². The van der Waals surface area contributed by atoms with Gasteiger partial charge in [-0.25, -0.2) is 0 Å². The van der Waals surface area contributed by atoms with Crippen LogP contribution < -0.4 is 5.32 Å². The Hall–Kier alpha value is -1.32. The van der Waals surface area contributed by atoms with Crippen LogP contribution in [0.3, 0.4) is 0 Å². The summed E-state index contributed by atoms with van der Waals surface area (Å²) in [6, 6.07) is 1.76. The van der Waals surface area contributed by atoms with E-state index in [0.717, 1.165) is 37.8 Å². The highest BCUT2D eigenvalue weighted by molar-refractivity contribution is 5.91. The van der Waals surface area contributed by atoms with Gasteiger partial charge in [-0.3, -0.25) is 10.1 Å². The number of amides is 1. The number of anilines is 1. The van der Waals surface area contributed by atoms with E-state index in [4.69, 9.17) is 4.52 Å². The lowest BCUT2D eigenvalue weighted by Crippen LogP contribution is -2.22. The third-order valence-electron chi connectivity index (χ3n) is 3.81. The molecule has 1 atom stereocenters. The summed E-state index contributed by atoms with van der Waals surface area (Å²) in [5.74, 6) is 0.636. The van der Waals surface area contributed by atoms with Crippen LogP contribution in [-0.4, -0.2) is 11.1 Å². The second-order valence-electron chi connectivity index (χ2n) is 5.86. The van der Waals surface area contributed by atoms with E-state index in [9.17, 15) is 4.79 Å². The van der Waals surface area contributed by atoms with Crippen LogP contribution in [0, 0.1) is 12.8 Å². The highest BCUT2D eigenvalue weighted by Crippen LogP contribution is 2.20. The van der Waals surface area contributed by atoms with Gasteiger partial charge in [-0.2, -0.15) is 0 Å². The standard InChI is InChI=1S/C17H30N2O2/c1-4-6-8-9-10-12-15(11-7-5-2)17(20)18-16-13-14(3)19-21-16/h13,15H,4-12H2,1-3H3,(H,18,20). The predicted octanol–water partition coefficient (Wildman–Crippen LogP) is 5.09. The van der Waals surface area contributed by atoms with Crippen molar-refractivity contribution in [1.29, 1.82) is 0 Å².